The van der Waals surface area contributed by atoms with Crippen LogP contribution >= 0.6 is 0 Å². The minimum Gasteiger partial charge on any atom is -0.306 e. The Morgan fingerprint density at radius 2 is 1.90 bits per heavy atom. The molecule has 0 atom stereocenters. The maximum atomic E-state index is 12.1. The van der Waals surface area contributed by atoms with Crippen molar-refractivity contribution in [1.82, 2.24) is 19.6 Å². The first kappa shape index (κ1) is 14.0. The van der Waals surface area contributed by atoms with Gasteiger partial charge in [0.05, 0.1) is 6.20 Å². The highest BCUT2D eigenvalue weighted by molar-refractivity contribution is 6.03. The smallest absolute Gasteiger partial charge is 0.306 e. The van der Waals surface area contributed by atoms with Gasteiger partial charge in [-0.3, -0.25) is 19.8 Å². The van der Waals surface area contributed by atoms with Crippen LogP contribution in [0.2, 0.25) is 0 Å². The Morgan fingerprint density at radius 1 is 1.30 bits per heavy atom. The molecule has 20 heavy (non-hydrogen) atoms. The quantitative estimate of drug-likeness (QED) is 0.788. The molecule has 8 nitrogen and oxygen atoms in total. The number of nitrogens with one attached hydrogen (secondary N) is 1. The minimum atomic E-state index is -0.484. The third-order valence-corrected chi connectivity index (χ3v) is 3.08. The van der Waals surface area contributed by atoms with Gasteiger partial charge in [0, 0.05) is 19.2 Å². The molecule has 1 N–H and O–H groups in total. The first-order chi connectivity index (χ1) is 9.40. The molecule has 1 aromatic rings. The van der Waals surface area contributed by atoms with Crippen LogP contribution in [0.5, 0.6) is 0 Å². The van der Waals surface area contributed by atoms with Crippen LogP contribution in [0.4, 0.5) is 10.6 Å². The van der Waals surface area contributed by atoms with Gasteiger partial charge < -0.3 is 4.90 Å². The lowest BCUT2D eigenvalue weighted by Crippen LogP contribution is -2.55. The zero-order valence-electron chi connectivity index (χ0n) is 11.7. The van der Waals surface area contributed by atoms with Gasteiger partial charge in [-0.25, -0.2) is 9.48 Å². The summed E-state index contributed by atoms with van der Waals surface area (Å²) in [5.41, 5.74) is 0. The molecular weight excluding hydrogens is 262 g/mol. The second-order valence-electron chi connectivity index (χ2n) is 4.89. The molecular formula is C12H17N5O3. The van der Waals surface area contributed by atoms with E-state index in [-0.39, 0.29) is 19.1 Å². The van der Waals surface area contributed by atoms with Crippen molar-refractivity contribution in [2.45, 2.75) is 19.9 Å². The third-order valence-electron chi connectivity index (χ3n) is 3.08. The Morgan fingerprint density at radius 3 is 2.45 bits per heavy atom. The molecule has 0 saturated carbocycles. The van der Waals surface area contributed by atoms with Crippen molar-refractivity contribution in [3.8, 4) is 0 Å². The number of piperazine rings is 1. The number of hydrogen-bond donors (Lipinski definition) is 1. The van der Waals surface area contributed by atoms with Crippen LogP contribution in [0.15, 0.2) is 12.3 Å². The van der Waals surface area contributed by atoms with E-state index < -0.39 is 17.8 Å². The number of carbonyl (C=O) groups is 3. The first-order valence-electron chi connectivity index (χ1n) is 6.29. The largest absolute Gasteiger partial charge is 0.323 e. The predicted molar refractivity (Wildman–Crippen MR) is 71.0 cm³/mol. The number of nitrogens with zero attached hydrogens (tertiary/aromatic N) is 4. The maximum Gasteiger partial charge on any atom is 0.323 e. The summed E-state index contributed by atoms with van der Waals surface area (Å²) in [6, 6.07) is 1.27. The van der Waals surface area contributed by atoms with Crippen molar-refractivity contribution in [1.29, 1.82) is 0 Å². The summed E-state index contributed by atoms with van der Waals surface area (Å²) < 4.78 is 1.65. The van der Waals surface area contributed by atoms with E-state index in [0.717, 1.165) is 4.90 Å². The SMILES string of the molecule is CC(C)n1nccc1NC(=O)N1CC(=O)N(C)C(=O)C1. The third kappa shape index (κ3) is 2.63. The van der Waals surface area contributed by atoms with Gasteiger partial charge >= 0.3 is 6.03 Å². The number of carbonyl (C=O) groups excluding carboxylic acids is 3. The molecule has 2 rings (SSSR count). The zero-order valence-corrected chi connectivity index (χ0v) is 11.7. The zero-order chi connectivity index (χ0) is 14.9. The van der Waals surface area contributed by atoms with E-state index in [1.807, 2.05) is 13.8 Å². The molecule has 8 heteroatoms. The van der Waals surface area contributed by atoms with Gasteiger partial charge in [-0.2, -0.15) is 5.10 Å². The van der Waals surface area contributed by atoms with Crippen molar-refractivity contribution < 1.29 is 14.4 Å². The Bertz CT molecular complexity index is 533. The van der Waals surface area contributed by atoms with Gasteiger partial charge in [0.1, 0.15) is 18.9 Å². The second kappa shape index (κ2) is 5.32. The number of anilines is 1. The van der Waals surface area contributed by atoms with E-state index >= 15 is 0 Å². The molecule has 0 bridgehead atoms. The fraction of sp³-hybridized carbons (Fsp3) is 0.500. The molecule has 1 aromatic heterocycles. The predicted octanol–water partition coefficient (Wildman–Crippen LogP) is 0.296. The Kier molecular flexibility index (Phi) is 3.73. The van der Waals surface area contributed by atoms with E-state index in [1.54, 1.807) is 16.9 Å². The fourth-order valence-corrected chi connectivity index (χ4v) is 1.89. The normalized spacial score (nSPS) is 16.0. The van der Waals surface area contributed by atoms with E-state index in [1.165, 1.54) is 11.9 Å². The Balaban J connectivity index is 2.07. The highest BCUT2D eigenvalue weighted by Crippen LogP contribution is 2.14. The van der Waals surface area contributed by atoms with Crippen molar-refractivity contribution in [2.75, 3.05) is 25.5 Å². The molecule has 1 aliphatic heterocycles. The van der Waals surface area contributed by atoms with Gasteiger partial charge in [-0.15, -0.1) is 0 Å². The molecule has 1 aliphatic rings. The van der Waals surface area contributed by atoms with E-state index in [0.29, 0.717) is 5.82 Å². The summed E-state index contributed by atoms with van der Waals surface area (Å²) >= 11 is 0. The van der Waals surface area contributed by atoms with Gasteiger partial charge in [-0.05, 0) is 13.8 Å². The van der Waals surface area contributed by atoms with Crippen molar-refractivity contribution in [3.63, 3.8) is 0 Å². The Hall–Kier alpha value is -2.38. The molecule has 0 radical (unpaired) electrons. The van der Waals surface area contributed by atoms with Crippen molar-refractivity contribution in [3.05, 3.63) is 12.3 Å². The molecule has 0 spiro atoms. The number of likely N-dealkylation sites (N-methyl/N-ethyl adjacent to an activating group) is 1. The van der Waals surface area contributed by atoms with E-state index in [9.17, 15) is 14.4 Å². The summed E-state index contributed by atoms with van der Waals surface area (Å²) in [6.45, 7) is 3.66. The highest BCUT2D eigenvalue weighted by atomic mass is 16.2. The number of aromatic nitrogens is 2. The molecule has 4 amide bonds. The van der Waals surface area contributed by atoms with E-state index in [4.69, 9.17) is 0 Å². The lowest BCUT2D eigenvalue weighted by atomic mass is 10.3. The molecule has 2 heterocycles. The molecule has 1 fully saturated rings. The summed E-state index contributed by atoms with van der Waals surface area (Å²) in [5.74, 6) is -0.258. The topological polar surface area (TPSA) is 87.5 Å². The van der Waals surface area contributed by atoms with Gasteiger partial charge in [0.2, 0.25) is 11.8 Å². The highest BCUT2D eigenvalue weighted by Gasteiger charge is 2.31. The number of imide groups is 1. The number of hydrogen-bond acceptors (Lipinski definition) is 4. The number of urea groups is 1. The minimum absolute atomic E-state index is 0.0936. The summed E-state index contributed by atoms with van der Waals surface area (Å²) in [6.07, 6.45) is 1.58. The second-order valence-corrected chi connectivity index (χ2v) is 4.89. The Labute approximate surface area is 116 Å². The van der Waals surface area contributed by atoms with Gasteiger partial charge in [-0.1, -0.05) is 0 Å². The van der Waals surface area contributed by atoms with Crippen LogP contribution in [-0.4, -0.2) is 57.6 Å². The molecule has 0 aliphatic carbocycles. The van der Waals surface area contributed by atoms with Crippen LogP contribution in [0, 0.1) is 0 Å². The average Bonchev–Trinajstić information content (AvgIpc) is 2.83. The van der Waals surface area contributed by atoms with Crippen LogP contribution in [-0.2, 0) is 9.59 Å². The van der Waals surface area contributed by atoms with Gasteiger partial charge in [0.15, 0.2) is 0 Å². The van der Waals surface area contributed by atoms with E-state index in [2.05, 4.69) is 10.4 Å². The summed E-state index contributed by atoms with van der Waals surface area (Å²) in [4.78, 5) is 37.4. The average molecular weight is 279 g/mol. The number of amides is 4. The molecule has 0 aromatic carbocycles. The lowest BCUT2D eigenvalue weighted by molar-refractivity contribution is -0.147. The summed E-state index contributed by atoms with van der Waals surface area (Å²) in [7, 11) is 1.41. The molecule has 108 valence electrons. The number of rotatable bonds is 2. The van der Waals surface area contributed by atoms with Crippen LogP contribution in [0.1, 0.15) is 19.9 Å². The van der Waals surface area contributed by atoms with Crippen LogP contribution < -0.4 is 5.32 Å². The first-order valence-corrected chi connectivity index (χ1v) is 6.29. The van der Waals surface area contributed by atoms with Crippen molar-refractivity contribution in [2.24, 2.45) is 0 Å². The lowest BCUT2D eigenvalue weighted by Gasteiger charge is -2.30. The summed E-state index contributed by atoms with van der Waals surface area (Å²) in [5, 5.41) is 6.76. The van der Waals surface area contributed by atoms with Gasteiger partial charge in [0.25, 0.3) is 0 Å². The fourth-order valence-electron chi connectivity index (χ4n) is 1.89. The standard InChI is InChI=1S/C12H17N5O3/c1-8(2)17-9(4-5-13-17)14-12(20)16-6-10(18)15(3)11(19)7-16/h4-5,8H,6-7H2,1-3H3,(H,14,20). The van der Waals surface area contributed by atoms with Crippen LogP contribution in [0.25, 0.3) is 0 Å². The van der Waals surface area contributed by atoms with Crippen molar-refractivity contribution >= 4 is 23.7 Å². The molecule has 1 saturated heterocycles. The maximum absolute atomic E-state index is 12.1. The van der Waals surface area contributed by atoms with Crippen LogP contribution in [0.3, 0.4) is 0 Å². The monoisotopic (exact) mass is 279 g/mol. The molecule has 0 unspecified atom stereocenters.